The summed E-state index contributed by atoms with van der Waals surface area (Å²) in [6.45, 7) is 2.44. The van der Waals surface area contributed by atoms with Crippen LogP contribution in [0.4, 0.5) is 0 Å². The van der Waals surface area contributed by atoms with Gasteiger partial charge in [-0.1, -0.05) is 41.4 Å². The third kappa shape index (κ3) is 6.94. The molecule has 0 bridgehead atoms. The molecule has 2 heterocycles. The van der Waals surface area contributed by atoms with Crippen LogP contribution in [0.1, 0.15) is 47.3 Å². The molecule has 12 heteroatoms. The van der Waals surface area contributed by atoms with Crippen molar-refractivity contribution in [3.05, 3.63) is 98.8 Å². The van der Waals surface area contributed by atoms with E-state index in [0.717, 1.165) is 28.7 Å². The molecule has 2 aliphatic rings. The maximum atomic E-state index is 11.7. The van der Waals surface area contributed by atoms with E-state index >= 15 is 0 Å². The topological polar surface area (TPSA) is 143 Å². The van der Waals surface area contributed by atoms with Gasteiger partial charge in [-0.3, -0.25) is 15.1 Å². The molecule has 10 nitrogen and oxygen atoms in total. The van der Waals surface area contributed by atoms with Crippen molar-refractivity contribution in [3.63, 3.8) is 0 Å². The summed E-state index contributed by atoms with van der Waals surface area (Å²) in [4.78, 5) is 15.8. The van der Waals surface area contributed by atoms with Crippen molar-refractivity contribution in [2.24, 2.45) is 0 Å². The Bertz CT molecular complexity index is 1860. The van der Waals surface area contributed by atoms with Gasteiger partial charge < -0.3 is 29.2 Å². The largest absolute Gasteiger partial charge is 0.488 e. The van der Waals surface area contributed by atoms with E-state index in [1.54, 1.807) is 24.4 Å². The lowest BCUT2D eigenvalue weighted by Crippen LogP contribution is -2.44. The van der Waals surface area contributed by atoms with Gasteiger partial charge in [-0.2, -0.15) is 5.26 Å². The fraction of sp³-hybridized carbons (Fsp3) is 0.286. The van der Waals surface area contributed by atoms with Gasteiger partial charge in [0.05, 0.1) is 21.7 Å². The molecule has 4 aromatic rings. The van der Waals surface area contributed by atoms with Crippen molar-refractivity contribution < 1.29 is 34.0 Å². The summed E-state index contributed by atoms with van der Waals surface area (Å²) < 4.78 is 24.2. The van der Waals surface area contributed by atoms with Gasteiger partial charge in [0.25, 0.3) is 0 Å². The van der Waals surface area contributed by atoms with Crippen LogP contribution in [0.15, 0.2) is 60.9 Å². The lowest BCUT2D eigenvalue weighted by Gasteiger charge is -2.22. The highest BCUT2D eigenvalue weighted by Gasteiger charge is 2.30. The molecular weight excluding hydrogens is 645 g/mol. The first kappa shape index (κ1) is 32.4. The van der Waals surface area contributed by atoms with Gasteiger partial charge in [-0.25, -0.2) is 0 Å². The zero-order valence-corrected chi connectivity index (χ0v) is 26.8. The Balaban J connectivity index is 1.29. The molecule has 0 unspecified atom stereocenters. The van der Waals surface area contributed by atoms with E-state index in [1.807, 2.05) is 30.3 Å². The number of benzene rings is 3. The van der Waals surface area contributed by atoms with Crippen LogP contribution in [-0.4, -0.2) is 46.5 Å². The number of fused-ring (bicyclic) bond motifs is 2. The minimum absolute atomic E-state index is 0.0413. The molecule has 6 rings (SSSR count). The van der Waals surface area contributed by atoms with Crippen LogP contribution in [0.25, 0.3) is 11.1 Å². The van der Waals surface area contributed by atoms with E-state index in [4.69, 9.17) is 42.1 Å². The maximum absolute atomic E-state index is 11.7. The highest BCUT2D eigenvalue weighted by Crippen LogP contribution is 2.47. The molecule has 0 spiro atoms. The van der Waals surface area contributed by atoms with E-state index in [0.29, 0.717) is 69.4 Å². The van der Waals surface area contributed by atoms with Gasteiger partial charge >= 0.3 is 5.97 Å². The number of aliphatic hydroxyl groups is 1. The van der Waals surface area contributed by atoms with Crippen molar-refractivity contribution in [2.45, 2.75) is 51.2 Å². The summed E-state index contributed by atoms with van der Waals surface area (Å²) in [6.07, 6.45) is 3.06. The molecule has 1 aliphatic heterocycles. The van der Waals surface area contributed by atoms with E-state index < -0.39 is 18.1 Å². The van der Waals surface area contributed by atoms with Crippen LogP contribution < -0.4 is 24.3 Å². The molecule has 3 aromatic carbocycles. The normalized spacial score (nSPS) is 16.1. The van der Waals surface area contributed by atoms with E-state index in [2.05, 4.69) is 16.4 Å². The number of aromatic nitrogens is 1. The van der Waals surface area contributed by atoms with E-state index in [1.165, 1.54) is 13.1 Å². The monoisotopic (exact) mass is 675 g/mol. The molecule has 0 saturated heterocycles. The number of carboxylic acid groups (broad SMARTS) is 1. The number of carbonyl (C=O) groups is 1. The minimum atomic E-state index is -1.21. The maximum Gasteiger partial charge on any atom is 0.323 e. The van der Waals surface area contributed by atoms with Crippen LogP contribution >= 0.6 is 23.2 Å². The number of hydrogen-bond acceptors (Lipinski definition) is 9. The first-order chi connectivity index (χ1) is 22.7. The van der Waals surface area contributed by atoms with Crippen molar-refractivity contribution in [2.75, 3.05) is 13.2 Å². The number of pyridine rings is 1. The molecule has 47 heavy (non-hydrogen) atoms. The number of hydrogen-bond donors (Lipinski definition) is 3. The smallest absolute Gasteiger partial charge is 0.323 e. The number of carboxylic acids is 1. The van der Waals surface area contributed by atoms with Crippen LogP contribution in [0, 0.1) is 11.3 Å². The van der Waals surface area contributed by atoms with Gasteiger partial charge in [0, 0.05) is 41.7 Å². The first-order valence-corrected chi connectivity index (χ1v) is 15.8. The standard InChI is InChI=1S/C35H31Cl2N3O7/c1-19(41)33(35(42)43)40-17-22-12-27(36)31(13-30(22)46-18-21-11-20(14-38)15-39-16-21)47-28-7-5-24-23(3-2-4-25(24)28)26-6-8-29-34(32(26)37)45-10-9-44-29/h2-4,6,8,11-13,15-16,19,28,33,40-41H,5,7,9-10,17-18H2,1H3,(H,42,43)/t19-,28+,33+/m1/s1. The van der Waals surface area contributed by atoms with Gasteiger partial charge in [0.15, 0.2) is 11.5 Å². The van der Waals surface area contributed by atoms with Crippen LogP contribution in [0.3, 0.4) is 0 Å². The lowest BCUT2D eigenvalue weighted by atomic mass is 9.96. The van der Waals surface area contributed by atoms with Crippen molar-refractivity contribution >= 4 is 29.2 Å². The number of nitrogens with one attached hydrogen (secondary N) is 1. The Morgan fingerprint density at radius 2 is 1.96 bits per heavy atom. The summed E-state index contributed by atoms with van der Waals surface area (Å²) in [7, 11) is 0. The number of aliphatic hydroxyl groups excluding tert-OH is 1. The average molecular weight is 677 g/mol. The summed E-state index contributed by atoms with van der Waals surface area (Å²) in [6, 6.07) is 15.7. The molecule has 1 aliphatic carbocycles. The lowest BCUT2D eigenvalue weighted by molar-refractivity contribution is -0.142. The van der Waals surface area contributed by atoms with Gasteiger partial charge in [-0.15, -0.1) is 0 Å². The van der Waals surface area contributed by atoms with E-state index in [9.17, 15) is 20.3 Å². The highest BCUT2D eigenvalue weighted by atomic mass is 35.5. The molecule has 0 radical (unpaired) electrons. The predicted octanol–water partition coefficient (Wildman–Crippen LogP) is 6.27. The summed E-state index contributed by atoms with van der Waals surface area (Å²) in [5, 5.41) is 32.4. The van der Waals surface area contributed by atoms with Crippen LogP contribution in [-0.2, 0) is 24.4 Å². The molecule has 0 amide bonds. The van der Waals surface area contributed by atoms with Crippen molar-refractivity contribution in [3.8, 4) is 40.2 Å². The van der Waals surface area contributed by atoms with E-state index in [-0.39, 0.29) is 19.3 Å². The third-order valence-corrected chi connectivity index (χ3v) is 8.79. The quantitative estimate of drug-likeness (QED) is 0.166. The number of rotatable bonds is 11. The number of nitrogens with zero attached hydrogens (tertiary/aromatic N) is 2. The number of ether oxygens (including phenoxy) is 4. The first-order valence-electron chi connectivity index (χ1n) is 15.0. The second kappa shape index (κ2) is 14.1. The zero-order chi connectivity index (χ0) is 33.1. The predicted molar refractivity (Wildman–Crippen MR) is 174 cm³/mol. The zero-order valence-electron chi connectivity index (χ0n) is 25.3. The second-order valence-electron chi connectivity index (χ2n) is 11.3. The summed E-state index contributed by atoms with van der Waals surface area (Å²) in [5.41, 5.74) is 5.60. The van der Waals surface area contributed by atoms with Gasteiger partial charge in [-0.05, 0) is 60.7 Å². The fourth-order valence-electron chi connectivity index (χ4n) is 5.85. The summed E-state index contributed by atoms with van der Waals surface area (Å²) in [5.74, 6) is 0.767. The van der Waals surface area contributed by atoms with Crippen LogP contribution in [0.5, 0.6) is 23.0 Å². The molecule has 1 aromatic heterocycles. The van der Waals surface area contributed by atoms with Crippen molar-refractivity contribution in [1.82, 2.24) is 10.3 Å². The Kier molecular flexibility index (Phi) is 9.71. The number of halogens is 2. The van der Waals surface area contributed by atoms with Gasteiger partial charge in [0.2, 0.25) is 0 Å². The van der Waals surface area contributed by atoms with Crippen molar-refractivity contribution in [1.29, 1.82) is 5.26 Å². The number of nitriles is 1. The van der Waals surface area contributed by atoms with Gasteiger partial charge in [0.1, 0.15) is 49.5 Å². The Morgan fingerprint density at radius 1 is 1.13 bits per heavy atom. The summed E-state index contributed by atoms with van der Waals surface area (Å²) >= 11 is 13.6. The average Bonchev–Trinajstić information content (AvgIpc) is 3.48. The Hall–Kier alpha value is -4.53. The second-order valence-corrected chi connectivity index (χ2v) is 12.1. The van der Waals surface area contributed by atoms with Crippen LogP contribution in [0.2, 0.25) is 10.0 Å². The SMILES string of the molecule is C[C@@H](O)[C@H](NCc1cc(Cl)c(O[C@H]2CCc3c(-c4ccc5c(c4Cl)OCCO5)cccc32)cc1OCc1cncc(C#N)c1)C(=O)O. The highest BCUT2D eigenvalue weighted by molar-refractivity contribution is 6.35. The molecular formula is C35H31Cl2N3O7. The minimum Gasteiger partial charge on any atom is -0.488 e. The Morgan fingerprint density at radius 3 is 2.74 bits per heavy atom. The molecule has 0 fully saturated rings. The molecule has 242 valence electrons. The number of aliphatic carboxylic acids is 1. The molecule has 3 N–H and O–H groups in total. The fourth-order valence-corrected chi connectivity index (χ4v) is 6.39. The molecule has 0 saturated carbocycles. The Labute approximate surface area is 281 Å². The molecule has 3 atom stereocenters. The third-order valence-electron chi connectivity index (χ3n) is 8.12.